The molecule has 0 saturated heterocycles. The quantitative estimate of drug-likeness (QED) is 0.635. The van der Waals surface area contributed by atoms with Crippen LogP contribution in [0.2, 0.25) is 0 Å². The van der Waals surface area contributed by atoms with Gasteiger partial charge in [0, 0.05) is 5.39 Å². The van der Waals surface area contributed by atoms with Gasteiger partial charge in [-0.25, -0.2) is 0 Å². The highest BCUT2D eigenvalue weighted by atomic mass is 16.5. The molecule has 94 valence electrons. The Hall–Kier alpha value is -2.28. The van der Waals surface area contributed by atoms with Gasteiger partial charge in [-0.15, -0.1) is 0 Å². The molecule has 0 aliphatic rings. The maximum absolute atomic E-state index is 6.11. The molecule has 0 fully saturated rings. The molecule has 3 aromatic carbocycles. The molecule has 3 aromatic rings. The lowest BCUT2D eigenvalue weighted by atomic mass is 10.1. The Bertz CT molecular complexity index is 668. The molecule has 1 atom stereocenters. The smallest absolute Gasteiger partial charge is 0.128 e. The second-order valence-electron chi connectivity index (χ2n) is 4.65. The molecule has 0 saturated carbocycles. The Kier molecular flexibility index (Phi) is 3.20. The van der Waals surface area contributed by atoms with Gasteiger partial charge in [0.2, 0.25) is 0 Å². The van der Waals surface area contributed by atoms with E-state index in [9.17, 15) is 0 Å². The van der Waals surface area contributed by atoms with E-state index < -0.39 is 0 Å². The Morgan fingerprint density at radius 3 is 2.26 bits per heavy atom. The summed E-state index contributed by atoms with van der Waals surface area (Å²) in [5.41, 5.74) is 1.19. The molecule has 0 aromatic heterocycles. The summed E-state index contributed by atoms with van der Waals surface area (Å²) in [6.45, 7) is 2.08. The minimum Gasteiger partial charge on any atom is -0.485 e. The fourth-order valence-corrected chi connectivity index (χ4v) is 2.28. The highest BCUT2D eigenvalue weighted by Crippen LogP contribution is 2.29. The van der Waals surface area contributed by atoms with Crippen molar-refractivity contribution in [3.63, 3.8) is 0 Å². The fraction of sp³-hybridized carbons (Fsp3) is 0.111. The minimum atomic E-state index is 0.0482. The average molecular weight is 248 g/mol. The number of rotatable bonds is 3. The summed E-state index contributed by atoms with van der Waals surface area (Å²) in [7, 11) is 0. The van der Waals surface area contributed by atoms with Crippen LogP contribution in [0.1, 0.15) is 18.6 Å². The maximum atomic E-state index is 6.11. The van der Waals surface area contributed by atoms with Crippen LogP contribution >= 0.6 is 0 Å². The van der Waals surface area contributed by atoms with Crippen LogP contribution in [0.15, 0.2) is 72.8 Å². The van der Waals surface area contributed by atoms with Crippen LogP contribution in [0.3, 0.4) is 0 Å². The third-order valence-electron chi connectivity index (χ3n) is 3.32. The Labute approximate surface area is 113 Å². The molecule has 0 radical (unpaired) electrons. The highest BCUT2D eigenvalue weighted by Gasteiger charge is 2.08. The number of fused-ring (bicyclic) bond motifs is 1. The van der Waals surface area contributed by atoms with Crippen molar-refractivity contribution in [2.24, 2.45) is 0 Å². The van der Waals surface area contributed by atoms with Crippen LogP contribution in [0.25, 0.3) is 10.8 Å². The first kappa shape index (κ1) is 11.8. The zero-order chi connectivity index (χ0) is 13.1. The largest absolute Gasteiger partial charge is 0.485 e. The van der Waals surface area contributed by atoms with Crippen molar-refractivity contribution in [3.8, 4) is 5.75 Å². The molecule has 19 heavy (non-hydrogen) atoms. The molecule has 0 spiro atoms. The minimum absolute atomic E-state index is 0.0482. The molecule has 0 heterocycles. The molecule has 3 rings (SSSR count). The van der Waals surface area contributed by atoms with Crippen LogP contribution < -0.4 is 4.74 Å². The number of ether oxygens (including phenoxy) is 1. The molecule has 1 nitrogen and oxygen atoms in total. The summed E-state index contributed by atoms with van der Waals surface area (Å²) >= 11 is 0. The van der Waals surface area contributed by atoms with Gasteiger partial charge < -0.3 is 4.74 Å². The zero-order valence-corrected chi connectivity index (χ0v) is 10.9. The maximum Gasteiger partial charge on any atom is 0.128 e. The van der Waals surface area contributed by atoms with E-state index in [1.165, 1.54) is 10.9 Å². The van der Waals surface area contributed by atoms with E-state index in [1.54, 1.807) is 0 Å². The Morgan fingerprint density at radius 1 is 0.737 bits per heavy atom. The summed E-state index contributed by atoms with van der Waals surface area (Å²) < 4.78 is 6.11. The topological polar surface area (TPSA) is 9.23 Å². The van der Waals surface area contributed by atoms with Crippen LogP contribution in [0.4, 0.5) is 0 Å². The predicted molar refractivity (Wildman–Crippen MR) is 79.4 cm³/mol. The average Bonchev–Trinajstić information content (AvgIpc) is 2.48. The van der Waals surface area contributed by atoms with E-state index >= 15 is 0 Å². The lowest BCUT2D eigenvalue weighted by molar-refractivity contribution is 0.230. The van der Waals surface area contributed by atoms with E-state index in [-0.39, 0.29) is 6.10 Å². The predicted octanol–water partition coefficient (Wildman–Crippen LogP) is 4.98. The summed E-state index contributed by atoms with van der Waals surface area (Å²) in [5.74, 6) is 0.939. The molecule has 0 amide bonds. The molecule has 0 N–H and O–H groups in total. The molecular weight excluding hydrogens is 232 g/mol. The van der Waals surface area contributed by atoms with Crippen LogP contribution in [-0.4, -0.2) is 0 Å². The lowest BCUT2D eigenvalue weighted by Gasteiger charge is -2.16. The summed E-state index contributed by atoms with van der Waals surface area (Å²) in [5, 5.41) is 2.37. The van der Waals surface area contributed by atoms with Crippen molar-refractivity contribution in [1.29, 1.82) is 0 Å². The standard InChI is InChI=1S/C18H16O/c1-14(15-8-3-2-4-9-15)19-18-13-7-11-16-10-5-6-12-17(16)18/h2-14H,1H3. The zero-order valence-electron chi connectivity index (χ0n) is 10.9. The van der Waals surface area contributed by atoms with Gasteiger partial charge in [-0.2, -0.15) is 0 Å². The van der Waals surface area contributed by atoms with Crippen molar-refractivity contribution in [2.75, 3.05) is 0 Å². The fourth-order valence-electron chi connectivity index (χ4n) is 2.28. The molecule has 0 aliphatic heterocycles. The van der Waals surface area contributed by atoms with Crippen molar-refractivity contribution in [1.82, 2.24) is 0 Å². The SMILES string of the molecule is CC(Oc1cccc2ccccc12)c1ccccc1. The van der Waals surface area contributed by atoms with E-state index in [1.807, 2.05) is 42.5 Å². The van der Waals surface area contributed by atoms with Gasteiger partial charge in [0.15, 0.2) is 0 Å². The van der Waals surface area contributed by atoms with Gasteiger partial charge in [0.25, 0.3) is 0 Å². The van der Waals surface area contributed by atoms with Crippen LogP contribution in [0.5, 0.6) is 5.75 Å². The van der Waals surface area contributed by atoms with E-state index in [4.69, 9.17) is 4.74 Å². The van der Waals surface area contributed by atoms with Crippen LogP contribution in [-0.2, 0) is 0 Å². The van der Waals surface area contributed by atoms with Gasteiger partial charge in [-0.1, -0.05) is 66.7 Å². The molecule has 1 unspecified atom stereocenters. The number of benzene rings is 3. The van der Waals surface area contributed by atoms with Gasteiger partial charge in [-0.3, -0.25) is 0 Å². The third kappa shape index (κ3) is 2.45. The van der Waals surface area contributed by atoms with Crippen molar-refractivity contribution in [3.05, 3.63) is 78.4 Å². The Morgan fingerprint density at radius 2 is 1.42 bits per heavy atom. The van der Waals surface area contributed by atoms with Crippen molar-refractivity contribution >= 4 is 10.8 Å². The Balaban J connectivity index is 1.94. The first-order valence-corrected chi connectivity index (χ1v) is 6.54. The van der Waals surface area contributed by atoms with Crippen molar-refractivity contribution in [2.45, 2.75) is 13.0 Å². The van der Waals surface area contributed by atoms with Gasteiger partial charge in [0.1, 0.15) is 11.9 Å². The third-order valence-corrected chi connectivity index (χ3v) is 3.32. The highest BCUT2D eigenvalue weighted by molar-refractivity contribution is 5.88. The van der Waals surface area contributed by atoms with Gasteiger partial charge >= 0.3 is 0 Å². The molecular formula is C18H16O. The van der Waals surface area contributed by atoms with E-state index in [0.717, 1.165) is 11.1 Å². The second kappa shape index (κ2) is 5.15. The first-order chi connectivity index (χ1) is 9.34. The first-order valence-electron chi connectivity index (χ1n) is 6.54. The summed E-state index contributed by atoms with van der Waals surface area (Å²) in [4.78, 5) is 0. The normalized spacial score (nSPS) is 12.3. The van der Waals surface area contributed by atoms with Gasteiger partial charge in [-0.05, 0) is 23.9 Å². The van der Waals surface area contributed by atoms with E-state index in [2.05, 4.69) is 37.3 Å². The lowest BCUT2D eigenvalue weighted by Crippen LogP contribution is -2.03. The molecule has 1 heteroatoms. The molecule has 0 bridgehead atoms. The summed E-state index contributed by atoms with van der Waals surface area (Å²) in [6, 6.07) is 24.8. The molecule has 0 aliphatic carbocycles. The number of hydrogen-bond donors (Lipinski definition) is 0. The van der Waals surface area contributed by atoms with Gasteiger partial charge in [0.05, 0.1) is 0 Å². The number of hydrogen-bond acceptors (Lipinski definition) is 1. The van der Waals surface area contributed by atoms with Crippen LogP contribution in [0, 0.1) is 0 Å². The second-order valence-corrected chi connectivity index (χ2v) is 4.65. The van der Waals surface area contributed by atoms with E-state index in [0.29, 0.717) is 0 Å². The summed E-state index contributed by atoms with van der Waals surface area (Å²) in [6.07, 6.45) is 0.0482. The monoisotopic (exact) mass is 248 g/mol. The van der Waals surface area contributed by atoms with Crippen molar-refractivity contribution < 1.29 is 4.74 Å².